The predicted octanol–water partition coefficient (Wildman–Crippen LogP) is 18.8. The standard InChI is InChI=1S/C52H100O2/c1-3-5-7-9-11-13-15-17-19-21-22-23-24-25-26-27-28-29-30-31-32-33-35-37-39-41-43-45-47-49-51-54-52(53)50-48-46-44-42-40-38-36-34-20-18-16-14-12-10-8-6-4-2/h44,46,48,50H,3-43,45,47,49,51H2,1-2H3. The van der Waals surface area contributed by atoms with Crippen molar-refractivity contribution in [1.82, 2.24) is 0 Å². The first kappa shape index (κ1) is 53.0. The molecule has 54 heavy (non-hydrogen) atoms. The highest BCUT2D eigenvalue weighted by Crippen LogP contribution is 2.17. The summed E-state index contributed by atoms with van der Waals surface area (Å²) in [6, 6.07) is 0. The highest BCUT2D eigenvalue weighted by atomic mass is 16.5. The summed E-state index contributed by atoms with van der Waals surface area (Å²) in [7, 11) is 0. The topological polar surface area (TPSA) is 26.3 Å². The monoisotopic (exact) mass is 757 g/mol. The fourth-order valence-corrected chi connectivity index (χ4v) is 7.93. The lowest BCUT2D eigenvalue weighted by atomic mass is 10.0. The lowest BCUT2D eigenvalue weighted by Gasteiger charge is -2.05. The molecule has 0 aromatic carbocycles. The number of hydrogen-bond donors (Lipinski definition) is 0. The van der Waals surface area contributed by atoms with E-state index in [4.69, 9.17) is 4.74 Å². The lowest BCUT2D eigenvalue weighted by molar-refractivity contribution is -0.137. The minimum Gasteiger partial charge on any atom is -0.463 e. The zero-order chi connectivity index (χ0) is 38.9. The number of carbonyl (C=O) groups excluding carboxylic acids is 1. The third-order valence-electron chi connectivity index (χ3n) is 11.7. The number of unbranched alkanes of at least 4 members (excludes halogenated alkanes) is 42. The van der Waals surface area contributed by atoms with Crippen molar-refractivity contribution in [2.45, 2.75) is 296 Å². The van der Waals surface area contributed by atoms with E-state index >= 15 is 0 Å². The van der Waals surface area contributed by atoms with Gasteiger partial charge in [-0.25, -0.2) is 4.79 Å². The summed E-state index contributed by atoms with van der Waals surface area (Å²) in [5, 5.41) is 0. The molecule has 0 saturated carbocycles. The summed E-state index contributed by atoms with van der Waals surface area (Å²) < 4.78 is 5.37. The normalized spacial score (nSPS) is 11.8. The van der Waals surface area contributed by atoms with Crippen molar-refractivity contribution in [3.63, 3.8) is 0 Å². The van der Waals surface area contributed by atoms with E-state index in [1.54, 1.807) is 6.08 Å². The van der Waals surface area contributed by atoms with Gasteiger partial charge in [0.15, 0.2) is 0 Å². The Kier molecular flexibility index (Phi) is 49.0. The van der Waals surface area contributed by atoms with Crippen LogP contribution in [0.1, 0.15) is 296 Å². The highest BCUT2D eigenvalue weighted by molar-refractivity contribution is 5.82. The molecular weight excluding hydrogens is 657 g/mol. The molecule has 0 N–H and O–H groups in total. The predicted molar refractivity (Wildman–Crippen MR) is 244 cm³/mol. The largest absolute Gasteiger partial charge is 0.463 e. The Bertz CT molecular complexity index is 739. The van der Waals surface area contributed by atoms with Gasteiger partial charge in [0.2, 0.25) is 0 Å². The third kappa shape index (κ3) is 49.0. The first-order valence-corrected chi connectivity index (χ1v) is 25.3. The zero-order valence-electron chi connectivity index (χ0n) is 37.4. The number of ether oxygens (including phenoxy) is 1. The average molecular weight is 757 g/mol. The van der Waals surface area contributed by atoms with Crippen molar-refractivity contribution in [2.24, 2.45) is 0 Å². The van der Waals surface area contributed by atoms with Gasteiger partial charge in [-0.2, -0.15) is 0 Å². The fraction of sp³-hybridized carbons (Fsp3) is 0.904. The second-order valence-electron chi connectivity index (χ2n) is 17.2. The van der Waals surface area contributed by atoms with Crippen LogP contribution in [0.3, 0.4) is 0 Å². The Morgan fingerprint density at radius 3 is 0.833 bits per heavy atom. The van der Waals surface area contributed by atoms with E-state index < -0.39 is 0 Å². The van der Waals surface area contributed by atoms with Gasteiger partial charge in [-0.1, -0.05) is 295 Å². The average Bonchev–Trinajstić information content (AvgIpc) is 3.18. The van der Waals surface area contributed by atoms with E-state index in [1.165, 1.54) is 270 Å². The summed E-state index contributed by atoms with van der Waals surface area (Å²) >= 11 is 0. The summed E-state index contributed by atoms with van der Waals surface area (Å²) in [6.07, 6.45) is 69.4. The van der Waals surface area contributed by atoms with Gasteiger partial charge in [-0.05, 0) is 19.3 Å². The molecule has 0 amide bonds. The second-order valence-corrected chi connectivity index (χ2v) is 17.2. The molecule has 0 saturated heterocycles. The van der Waals surface area contributed by atoms with Crippen LogP contribution < -0.4 is 0 Å². The highest BCUT2D eigenvalue weighted by Gasteiger charge is 1.99. The molecule has 320 valence electrons. The molecule has 0 aliphatic carbocycles. The Balaban J connectivity index is 3.21. The van der Waals surface area contributed by atoms with Crippen LogP contribution in [0.2, 0.25) is 0 Å². The maximum absolute atomic E-state index is 11.9. The van der Waals surface area contributed by atoms with Crippen LogP contribution >= 0.6 is 0 Å². The smallest absolute Gasteiger partial charge is 0.330 e. The minimum atomic E-state index is -0.198. The van der Waals surface area contributed by atoms with Gasteiger partial charge < -0.3 is 4.74 Å². The Hall–Kier alpha value is -1.05. The molecule has 0 aliphatic heterocycles. The number of hydrogen-bond acceptors (Lipinski definition) is 2. The van der Waals surface area contributed by atoms with Gasteiger partial charge in [-0.15, -0.1) is 0 Å². The molecule has 0 spiro atoms. The summed E-state index contributed by atoms with van der Waals surface area (Å²) in [4.78, 5) is 11.9. The van der Waals surface area contributed by atoms with Crippen LogP contribution in [0, 0.1) is 0 Å². The quantitative estimate of drug-likeness (QED) is 0.0267. The number of allylic oxidation sites excluding steroid dienone is 3. The molecule has 0 rings (SSSR count). The molecule has 0 aliphatic rings. The third-order valence-corrected chi connectivity index (χ3v) is 11.7. The first-order valence-electron chi connectivity index (χ1n) is 25.3. The van der Waals surface area contributed by atoms with Crippen LogP contribution in [0.25, 0.3) is 0 Å². The Labute approximate surface area is 341 Å². The molecule has 2 heteroatoms. The molecule has 0 bridgehead atoms. The van der Waals surface area contributed by atoms with E-state index in [-0.39, 0.29) is 5.97 Å². The summed E-state index contributed by atoms with van der Waals surface area (Å²) in [5.41, 5.74) is 0. The number of carbonyl (C=O) groups is 1. The SMILES string of the molecule is CCCCCCCCCCCCCCCC=CC=CC(=O)OCCCCCCCCCCCCCCCCCCCCCCCCCCCCCCCC. The molecule has 2 nitrogen and oxygen atoms in total. The zero-order valence-corrected chi connectivity index (χ0v) is 37.4. The number of esters is 1. The van der Waals surface area contributed by atoms with E-state index in [9.17, 15) is 4.79 Å². The molecule has 0 fully saturated rings. The first-order chi connectivity index (χ1) is 26.8. The van der Waals surface area contributed by atoms with Gasteiger partial charge in [0.1, 0.15) is 0 Å². The van der Waals surface area contributed by atoms with Crippen molar-refractivity contribution in [1.29, 1.82) is 0 Å². The van der Waals surface area contributed by atoms with Gasteiger partial charge in [0, 0.05) is 6.08 Å². The van der Waals surface area contributed by atoms with Gasteiger partial charge in [0.25, 0.3) is 0 Å². The molecule has 0 radical (unpaired) electrons. The molecule has 0 unspecified atom stereocenters. The van der Waals surface area contributed by atoms with Crippen LogP contribution in [0.5, 0.6) is 0 Å². The van der Waals surface area contributed by atoms with Crippen LogP contribution in [0.15, 0.2) is 24.3 Å². The maximum atomic E-state index is 11.9. The molecule has 0 aromatic heterocycles. The minimum absolute atomic E-state index is 0.198. The second kappa shape index (κ2) is 50.0. The summed E-state index contributed by atoms with van der Waals surface area (Å²) in [5.74, 6) is -0.198. The van der Waals surface area contributed by atoms with E-state index in [0.29, 0.717) is 6.61 Å². The van der Waals surface area contributed by atoms with Crippen molar-refractivity contribution in [3.8, 4) is 0 Å². The Morgan fingerprint density at radius 1 is 0.315 bits per heavy atom. The van der Waals surface area contributed by atoms with Crippen LogP contribution in [-0.2, 0) is 9.53 Å². The van der Waals surface area contributed by atoms with E-state index in [2.05, 4.69) is 19.9 Å². The summed E-state index contributed by atoms with van der Waals surface area (Å²) in [6.45, 7) is 5.16. The van der Waals surface area contributed by atoms with E-state index in [0.717, 1.165) is 12.8 Å². The maximum Gasteiger partial charge on any atom is 0.330 e. The van der Waals surface area contributed by atoms with Crippen molar-refractivity contribution >= 4 is 5.97 Å². The fourth-order valence-electron chi connectivity index (χ4n) is 7.93. The van der Waals surface area contributed by atoms with Gasteiger partial charge in [0.05, 0.1) is 6.61 Å². The van der Waals surface area contributed by atoms with Gasteiger partial charge >= 0.3 is 5.97 Å². The van der Waals surface area contributed by atoms with E-state index in [1.807, 2.05) is 12.2 Å². The van der Waals surface area contributed by atoms with Gasteiger partial charge in [-0.3, -0.25) is 0 Å². The molecular formula is C52H100O2. The Morgan fingerprint density at radius 2 is 0.556 bits per heavy atom. The lowest BCUT2D eigenvalue weighted by Crippen LogP contribution is -2.02. The molecule has 0 heterocycles. The number of rotatable bonds is 47. The molecule has 0 aromatic rings. The van der Waals surface area contributed by atoms with Crippen molar-refractivity contribution in [3.05, 3.63) is 24.3 Å². The van der Waals surface area contributed by atoms with Crippen LogP contribution in [-0.4, -0.2) is 12.6 Å². The molecule has 0 atom stereocenters. The van der Waals surface area contributed by atoms with Crippen molar-refractivity contribution < 1.29 is 9.53 Å². The van der Waals surface area contributed by atoms with Crippen molar-refractivity contribution in [2.75, 3.05) is 6.61 Å². The van der Waals surface area contributed by atoms with Crippen LogP contribution in [0.4, 0.5) is 0 Å².